The second-order valence-corrected chi connectivity index (χ2v) is 5.81. The van der Waals surface area contributed by atoms with Crippen molar-refractivity contribution in [1.82, 2.24) is 15.3 Å². The van der Waals surface area contributed by atoms with Gasteiger partial charge in [-0.2, -0.15) is 0 Å². The molecular formula is C13H15ClN4OS. The lowest BCUT2D eigenvalue weighted by Gasteiger charge is -2.07. The number of pyridine rings is 1. The van der Waals surface area contributed by atoms with Gasteiger partial charge in [-0.25, -0.2) is 9.97 Å². The van der Waals surface area contributed by atoms with Crippen LogP contribution in [0.25, 0.3) is 0 Å². The molecule has 0 atom stereocenters. The average Bonchev–Trinajstić information content (AvgIpc) is 2.84. The smallest absolute Gasteiger partial charge is 0.271 e. The van der Waals surface area contributed by atoms with Crippen LogP contribution in [-0.2, 0) is 6.54 Å². The summed E-state index contributed by atoms with van der Waals surface area (Å²) in [5.41, 5.74) is 0.228. The summed E-state index contributed by atoms with van der Waals surface area (Å²) in [6.07, 6.45) is 1.75. The van der Waals surface area contributed by atoms with Gasteiger partial charge in [0, 0.05) is 17.6 Å². The first-order chi connectivity index (χ1) is 9.60. The molecule has 1 amide bonds. The molecular weight excluding hydrogens is 296 g/mol. The normalized spacial score (nSPS) is 10.3. The Morgan fingerprint density at radius 1 is 1.45 bits per heavy atom. The number of aromatic nitrogens is 2. The van der Waals surface area contributed by atoms with E-state index in [0.717, 1.165) is 16.4 Å². The maximum Gasteiger partial charge on any atom is 0.271 e. The van der Waals surface area contributed by atoms with Gasteiger partial charge in [0.2, 0.25) is 0 Å². The third-order valence-electron chi connectivity index (χ3n) is 2.51. The van der Waals surface area contributed by atoms with Gasteiger partial charge in [0.25, 0.3) is 5.91 Å². The van der Waals surface area contributed by atoms with Crippen LogP contribution in [0.4, 0.5) is 5.82 Å². The first-order valence-corrected chi connectivity index (χ1v) is 7.39. The standard InChI is InChI=1S/C13H15ClN4OS/c1-3-15-11-5-4-10(14)12(18-11)13(19)17-7-9-6-16-8(2)20-9/h4-6H,3,7H2,1-2H3,(H,15,18)(H,17,19). The van der Waals surface area contributed by atoms with E-state index in [1.807, 2.05) is 13.8 Å². The van der Waals surface area contributed by atoms with Crippen molar-refractivity contribution in [2.75, 3.05) is 11.9 Å². The number of nitrogens with one attached hydrogen (secondary N) is 2. The van der Waals surface area contributed by atoms with Crippen molar-refractivity contribution in [2.24, 2.45) is 0 Å². The summed E-state index contributed by atoms with van der Waals surface area (Å²) in [6.45, 7) is 5.04. The van der Waals surface area contributed by atoms with Crippen LogP contribution in [0.2, 0.25) is 5.02 Å². The fraction of sp³-hybridized carbons (Fsp3) is 0.308. The van der Waals surface area contributed by atoms with Crippen molar-refractivity contribution in [1.29, 1.82) is 0 Å². The van der Waals surface area contributed by atoms with Gasteiger partial charge in [0.15, 0.2) is 0 Å². The summed E-state index contributed by atoms with van der Waals surface area (Å²) in [5, 5.41) is 7.15. The van der Waals surface area contributed by atoms with Crippen LogP contribution in [0.3, 0.4) is 0 Å². The number of hydrogen-bond donors (Lipinski definition) is 2. The number of hydrogen-bond acceptors (Lipinski definition) is 5. The van der Waals surface area contributed by atoms with Gasteiger partial charge in [-0.3, -0.25) is 4.79 Å². The first-order valence-electron chi connectivity index (χ1n) is 6.20. The molecule has 0 saturated carbocycles. The quantitative estimate of drug-likeness (QED) is 0.891. The van der Waals surface area contributed by atoms with Gasteiger partial charge >= 0.3 is 0 Å². The Kier molecular flexibility index (Phi) is 4.92. The molecule has 0 spiro atoms. The summed E-state index contributed by atoms with van der Waals surface area (Å²) < 4.78 is 0. The molecule has 0 saturated heterocycles. The molecule has 0 bridgehead atoms. The summed E-state index contributed by atoms with van der Waals surface area (Å²) in [7, 11) is 0. The van der Waals surface area contributed by atoms with E-state index in [1.54, 1.807) is 29.7 Å². The SMILES string of the molecule is CCNc1ccc(Cl)c(C(=O)NCc2cnc(C)s2)n1. The van der Waals surface area contributed by atoms with E-state index >= 15 is 0 Å². The molecule has 0 unspecified atom stereocenters. The number of carbonyl (C=O) groups excluding carboxylic acids is 1. The zero-order valence-corrected chi connectivity index (χ0v) is 12.8. The first kappa shape index (κ1) is 14.7. The molecule has 0 fully saturated rings. The monoisotopic (exact) mass is 310 g/mol. The van der Waals surface area contributed by atoms with Gasteiger partial charge < -0.3 is 10.6 Å². The fourth-order valence-corrected chi connectivity index (χ4v) is 2.54. The largest absolute Gasteiger partial charge is 0.370 e. The zero-order valence-electron chi connectivity index (χ0n) is 11.2. The molecule has 106 valence electrons. The molecule has 2 aromatic rings. The van der Waals surface area contributed by atoms with E-state index in [-0.39, 0.29) is 11.6 Å². The minimum absolute atomic E-state index is 0.228. The lowest BCUT2D eigenvalue weighted by atomic mass is 10.3. The summed E-state index contributed by atoms with van der Waals surface area (Å²) in [6, 6.07) is 3.41. The van der Waals surface area contributed by atoms with Crippen molar-refractivity contribution in [3.63, 3.8) is 0 Å². The molecule has 0 radical (unpaired) electrons. The molecule has 2 aromatic heterocycles. The maximum atomic E-state index is 12.1. The molecule has 2 rings (SSSR count). The van der Waals surface area contributed by atoms with Crippen molar-refractivity contribution in [3.8, 4) is 0 Å². The Morgan fingerprint density at radius 2 is 2.25 bits per heavy atom. The average molecular weight is 311 g/mol. The van der Waals surface area contributed by atoms with Gasteiger partial charge in [-0.15, -0.1) is 11.3 Å². The van der Waals surface area contributed by atoms with Crippen LogP contribution in [0.1, 0.15) is 27.3 Å². The molecule has 7 heteroatoms. The third kappa shape index (κ3) is 3.68. The number of aryl methyl sites for hydroxylation is 1. The molecule has 5 nitrogen and oxygen atoms in total. The summed E-state index contributed by atoms with van der Waals surface area (Å²) in [4.78, 5) is 21.4. The Balaban J connectivity index is 2.06. The van der Waals surface area contributed by atoms with E-state index in [4.69, 9.17) is 11.6 Å². The van der Waals surface area contributed by atoms with Crippen molar-refractivity contribution in [3.05, 3.63) is 38.9 Å². The van der Waals surface area contributed by atoms with Crippen molar-refractivity contribution >= 4 is 34.7 Å². The maximum absolute atomic E-state index is 12.1. The molecule has 2 N–H and O–H groups in total. The minimum Gasteiger partial charge on any atom is -0.370 e. The third-order valence-corrected chi connectivity index (χ3v) is 3.73. The van der Waals surface area contributed by atoms with E-state index in [2.05, 4.69) is 20.6 Å². The highest BCUT2D eigenvalue weighted by Gasteiger charge is 2.13. The van der Waals surface area contributed by atoms with Gasteiger partial charge in [-0.1, -0.05) is 11.6 Å². The second kappa shape index (κ2) is 6.67. The fourth-order valence-electron chi connectivity index (χ4n) is 1.62. The van der Waals surface area contributed by atoms with Crippen LogP contribution < -0.4 is 10.6 Å². The Hall–Kier alpha value is -1.66. The van der Waals surface area contributed by atoms with Crippen LogP contribution in [0.15, 0.2) is 18.3 Å². The summed E-state index contributed by atoms with van der Waals surface area (Å²) in [5.74, 6) is 0.344. The molecule has 0 aromatic carbocycles. The van der Waals surface area contributed by atoms with Crippen LogP contribution in [-0.4, -0.2) is 22.4 Å². The zero-order chi connectivity index (χ0) is 14.5. The molecule has 20 heavy (non-hydrogen) atoms. The van der Waals surface area contributed by atoms with E-state index in [0.29, 0.717) is 17.4 Å². The minimum atomic E-state index is -0.291. The molecule has 0 aliphatic rings. The molecule has 0 aliphatic carbocycles. The number of nitrogens with zero attached hydrogens (tertiary/aromatic N) is 2. The highest BCUT2D eigenvalue weighted by molar-refractivity contribution is 7.11. The highest BCUT2D eigenvalue weighted by Crippen LogP contribution is 2.17. The lowest BCUT2D eigenvalue weighted by molar-refractivity contribution is 0.0946. The van der Waals surface area contributed by atoms with E-state index < -0.39 is 0 Å². The molecule has 2 heterocycles. The lowest BCUT2D eigenvalue weighted by Crippen LogP contribution is -2.24. The number of anilines is 1. The Morgan fingerprint density at radius 3 is 2.90 bits per heavy atom. The number of halogens is 1. The Labute approximate surface area is 126 Å². The van der Waals surface area contributed by atoms with Gasteiger partial charge in [0.1, 0.15) is 11.5 Å². The number of amides is 1. The number of carbonyl (C=O) groups is 1. The second-order valence-electron chi connectivity index (χ2n) is 4.09. The number of rotatable bonds is 5. The Bertz CT molecular complexity index is 614. The van der Waals surface area contributed by atoms with Crippen LogP contribution in [0, 0.1) is 6.92 Å². The molecule has 0 aliphatic heterocycles. The van der Waals surface area contributed by atoms with Crippen molar-refractivity contribution in [2.45, 2.75) is 20.4 Å². The van der Waals surface area contributed by atoms with E-state index in [9.17, 15) is 4.79 Å². The van der Waals surface area contributed by atoms with Crippen LogP contribution >= 0.6 is 22.9 Å². The highest BCUT2D eigenvalue weighted by atomic mass is 35.5. The van der Waals surface area contributed by atoms with Crippen molar-refractivity contribution < 1.29 is 4.79 Å². The summed E-state index contributed by atoms with van der Waals surface area (Å²) >= 11 is 7.57. The topological polar surface area (TPSA) is 66.9 Å². The van der Waals surface area contributed by atoms with Gasteiger partial charge in [0.05, 0.1) is 16.6 Å². The van der Waals surface area contributed by atoms with E-state index in [1.165, 1.54) is 0 Å². The van der Waals surface area contributed by atoms with Gasteiger partial charge in [-0.05, 0) is 26.0 Å². The predicted octanol–water partition coefficient (Wildman–Crippen LogP) is 2.86. The van der Waals surface area contributed by atoms with Crippen LogP contribution in [0.5, 0.6) is 0 Å². The predicted molar refractivity (Wildman–Crippen MR) is 81.4 cm³/mol. The number of thiazole rings is 1.